The molecule has 3 heteroatoms. The van der Waals surface area contributed by atoms with Crippen LogP contribution >= 0.6 is 0 Å². The minimum Gasteiger partial charge on any atom is -0.381 e. The van der Waals surface area contributed by atoms with Crippen molar-refractivity contribution < 1.29 is 9.53 Å². The second-order valence-electron chi connectivity index (χ2n) is 8.91. The van der Waals surface area contributed by atoms with Crippen LogP contribution in [0.4, 0.5) is 0 Å². The standard InChI is InChI=1S/C30H35NO2/c1-2-3-22-33-23-12-21-31-29(32)30(20-11-15-24-13-5-4-6-14-24)27-18-9-7-16-25(27)26-17-8-10-19-28(26)30/h4-10,13-14,16-19H,2-3,11-12,15,20-23H2,1H3,(H,31,32). The lowest BCUT2D eigenvalue weighted by atomic mass is 9.73. The second kappa shape index (κ2) is 11.3. The van der Waals surface area contributed by atoms with Gasteiger partial charge in [0.1, 0.15) is 5.41 Å². The van der Waals surface area contributed by atoms with Crippen LogP contribution in [-0.2, 0) is 21.4 Å². The number of carbonyl (C=O) groups excluding carboxylic acids is 1. The molecule has 0 saturated heterocycles. The number of aryl methyl sites for hydroxylation is 1. The lowest BCUT2D eigenvalue weighted by molar-refractivity contribution is -0.125. The molecule has 0 heterocycles. The molecule has 33 heavy (non-hydrogen) atoms. The molecule has 0 aromatic heterocycles. The summed E-state index contributed by atoms with van der Waals surface area (Å²) >= 11 is 0. The molecule has 1 amide bonds. The maximum atomic E-state index is 13.9. The molecule has 0 saturated carbocycles. The highest BCUT2D eigenvalue weighted by atomic mass is 16.5. The molecule has 3 nitrogen and oxygen atoms in total. The Morgan fingerprint density at radius 1 is 0.788 bits per heavy atom. The lowest BCUT2D eigenvalue weighted by Gasteiger charge is -2.31. The zero-order chi connectivity index (χ0) is 22.9. The van der Waals surface area contributed by atoms with Gasteiger partial charge in [0.15, 0.2) is 0 Å². The minimum atomic E-state index is -0.648. The van der Waals surface area contributed by atoms with Crippen molar-refractivity contribution in [2.45, 2.75) is 50.9 Å². The largest absolute Gasteiger partial charge is 0.381 e. The quantitative estimate of drug-likeness (QED) is 0.335. The van der Waals surface area contributed by atoms with E-state index in [0.717, 1.165) is 56.3 Å². The smallest absolute Gasteiger partial charge is 0.235 e. The minimum absolute atomic E-state index is 0.113. The average molecular weight is 442 g/mol. The summed E-state index contributed by atoms with van der Waals surface area (Å²) in [5.41, 5.74) is 5.31. The van der Waals surface area contributed by atoms with Crippen molar-refractivity contribution in [2.24, 2.45) is 0 Å². The van der Waals surface area contributed by atoms with Gasteiger partial charge >= 0.3 is 0 Å². The van der Waals surface area contributed by atoms with Gasteiger partial charge in [0.2, 0.25) is 5.91 Å². The van der Waals surface area contributed by atoms with Crippen LogP contribution < -0.4 is 5.32 Å². The van der Waals surface area contributed by atoms with Gasteiger partial charge in [-0.05, 0) is 59.9 Å². The van der Waals surface area contributed by atoms with Gasteiger partial charge in [-0.2, -0.15) is 0 Å². The Bertz CT molecular complexity index is 998. The number of unbranched alkanes of at least 4 members (excludes halogenated alkanes) is 1. The molecular weight excluding hydrogens is 406 g/mol. The molecule has 0 unspecified atom stereocenters. The molecule has 1 aliphatic carbocycles. The van der Waals surface area contributed by atoms with Crippen LogP contribution in [0.3, 0.4) is 0 Å². The van der Waals surface area contributed by atoms with Gasteiger partial charge in [0, 0.05) is 19.8 Å². The van der Waals surface area contributed by atoms with Crippen LogP contribution in [0, 0.1) is 0 Å². The molecule has 0 atom stereocenters. The first-order valence-corrected chi connectivity index (χ1v) is 12.4. The van der Waals surface area contributed by atoms with Crippen molar-refractivity contribution in [2.75, 3.05) is 19.8 Å². The zero-order valence-electron chi connectivity index (χ0n) is 19.7. The van der Waals surface area contributed by atoms with E-state index in [9.17, 15) is 4.79 Å². The zero-order valence-corrected chi connectivity index (χ0v) is 19.7. The molecule has 1 aliphatic rings. The summed E-state index contributed by atoms with van der Waals surface area (Å²) in [6.07, 6.45) is 5.75. The number of fused-ring (bicyclic) bond motifs is 3. The van der Waals surface area contributed by atoms with Crippen LogP contribution in [-0.4, -0.2) is 25.7 Å². The summed E-state index contributed by atoms with van der Waals surface area (Å²) in [5.74, 6) is 0.113. The lowest BCUT2D eigenvalue weighted by Crippen LogP contribution is -2.44. The topological polar surface area (TPSA) is 38.3 Å². The normalized spacial score (nSPS) is 13.4. The number of benzene rings is 3. The predicted octanol–water partition coefficient (Wildman–Crippen LogP) is 6.30. The van der Waals surface area contributed by atoms with E-state index in [2.05, 4.69) is 85.0 Å². The molecule has 0 spiro atoms. The van der Waals surface area contributed by atoms with Gasteiger partial charge in [-0.25, -0.2) is 0 Å². The maximum absolute atomic E-state index is 13.9. The van der Waals surface area contributed by atoms with Crippen LogP contribution in [0.2, 0.25) is 0 Å². The van der Waals surface area contributed by atoms with Gasteiger partial charge in [-0.15, -0.1) is 0 Å². The van der Waals surface area contributed by atoms with Crippen LogP contribution in [0.1, 0.15) is 55.7 Å². The number of carbonyl (C=O) groups is 1. The number of amides is 1. The number of hydrogen-bond donors (Lipinski definition) is 1. The summed E-state index contributed by atoms with van der Waals surface area (Å²) in [5, 5.41) is 3.27. The van der Waals surface area contributed by atoms with E-state index in [-0.39, 0.29) is 5.91 Å². The Kier molecular flexibility index (Phi) is 7.96. The summed E-state index contributed by atoms with van der Waals surface area (Å²) < 4.78 is 5.68. The van der Waals surface area contributed by atoms with E-state index in [1.54, 1.807) is 0 Å². The van der Waals surface area contributed by atoms with E-state index in [4.69, 9.17) is 4.74 Å². The van der Waals surface area contributed by atoms with E-state index in [1.807, 2.05) is 6.07 Å². The number of rotatable bonds is 12. The Morgan fingerprint density at radius 2 is 1.39 bits per heavy atom. The van der Waals surface area contributed by atoms with Crippen LogP contribution in [0.25, 0.3) is 11.1 Å². The second-order valence-corrected chi connectivity index (χ2v) is 8.91. The summed E-state index contributed by atoms with van der Waals surface area (Å²) in [6.45, 7) is 4.29. The van der Waals surface area contributed by atoms with Crippen molar-refractivity contribution in [1.82, 2.24) is 5.32 Å². The average Bonchev–Trinajstić information content (AvgIpc) is 3.15. The molecule has 172 valence electrons. The van der Waals surface area contributed by atoms with E-state index in [1.165, 1.54) is 16.7 Å². The Balaban J connectivity index is 1.55. The molecule has 1 N–H and O–H groups in total. The molecule has 4 rings (SSSR count). The third-order valence-corrected chi connectivity index (χ3v) is 6.70. The SMILES string of the molecule is CCCCOCCCNC(=O)C1(CCCc2ccccc2)c2ccccc2-c2ccccc21. The molecule has 0 bridgehead atoms. The highest BCUT2D eigenvalue weighted by Crippen LogP contribution is 2.51. The van der Waals surface area contributed by atoms with Crippen molar-refractivity contribution in [3.63, 3.8) is 0 Å². The maximum Gasteiger partial charge on any atom is 0.235 e. The van der Waals surface area contributed by atoms with E-state index >= 15 is 0 Å². The van der Waals surface area contributed by atoms with Gasteiger partial charge in [0.25, 0.3) is 0 Å². The van der Waals surface area contributed by atoms with Gasteiger partial charge in [0.05, 0.1) is 0 Å². The van der Waals surface area contributed by atoms with Crippen molar-refractivity contribution >= 4 is 5.91 Å². The van der Waals surface area contributed by atoms with E-state index < -0.39 is 5.41 Å². The molecule has 0 fully saturated rings. The number of nitrogens with one attached hydrogen (secondary N) is 1. The summed E-state index contributed by atoms with van der Waals surface area (Å²) in [7, 11) is 0. The first kappa shape index (κ1) is 23.3. The van der Waals surface area contributed by atoms with Gasteiger partial charge in [-0.3, -0.25) is 4.79 Å². The predicted molar refractivity (Wildman–Crippen MR) is 135 cm³/mol. The number of ether oxygens (including phenoxy) is 1. The monoisotopic (exact) mass is 441 g/mol. The van der Waals surface area contributed by atoms with Crippen LogP contribution in [0.5, 0.6) is 0 Å². The van der Waals surface area contributed by atoms with Gasteiger partial charge < -0.3 is 10.1 Å². The molecule has 0 radical (unpaired) electrons. The van der Waals surface area contributed by atoms with Crippen LogP contribution in [0.15, 0.2) is 78.9 Å². The van der Waals surface area contributed by atoms with Gasteiger partial charge in [-0.1, -0.05) is 92.2 Å². The molecular formula is C30H35NO2. The summed E-state index contributed by atoms with van der Waals surface area (Å²) in [4.78, 5) is 13.9. The Hall–Kier alpha value is -2.91. The molecule has 3 aromatic carbocycles. The fourth-order valence-corrected chi connectivity index (χ4v) is 5.03. The highest BCUT2D eigenvalue weighted by Gasteiger charge is 2.48. The van der Waals surface area contributed by atoms with Crippen molar-refractivity contribution in [3.8, 4) is 11.1 Å². The third kappa shape index (κ3) is 5.04. The number of hydrogen-bond acceptors (Lipinski definition) is 2. The third-order valence-electron chi connectivity index (χ3n) is 6.70. The first-order chi connectivity index (χ1) is 16.3. The van der Waals surface area contributed by atoms with Crippen molar-refractivity contribution in [3.05, 3.63) is 95.6 Å². The first-order valence-electron chi connectivity index (χ1n) is 12.4. The fraction of sp³-hybridized carbons (Fsp3) is 0.367. The fourth-order valence-electron chi connectivity index (χ4n) is 5.03. The highest BCUT2D eigenvalue weighted by molar-refractivity contribution is 6.00. The molecule has 3 aromatic rings. The van der Waals surface area contributed by atoms with Crippen molar-refractivity contribution in [1.29, 1.82) is 0 Å². The Morgan fingerprint density at radius 3 is 2.06 bits per heavy atom. The Labute approximate surface area is 198 Å². The van der Waals surface area contributed by atoms with E-state index in [0.29, 0.717) is 13.2 Å². The summed E-state index contributed by atoms with van der Waals surface area (Å²) in [6, 6.07) is 27.4. The molecule has 0 aliphatic heterocycles.